The zero-order chi connectivity index (χ0) is 9.42. The van der Waals surface area contributed by atoms with Crippen LogP contribution in [0.25, 0.3) is 11.0 Å². The van der Waals surface area contributed by atoms with E-state index >= 15 is 0 Å². The first-order valence-electron chi connectivity index (χ1n) is 3.81. The van der Waals surface area contributed by atoms with Crippen molar-refractivity contribution in [1.29, 1.82) is 5.26 Å². The first-order valence-corrected chi connectivity index (χ1v) is 3.81. The monoisotopic (exact) mass is 175 g/mol. The van der Waals surface area contributed by atoms with Crippen LogP contribution in [0.4, 0.5) is 4.39 Å². The maximum atomic E-state index is 12.8. The lowest BCUT2D eigenvalue weighted by Crippen LogP contribution is -1.75. The van der Waals surface area contributed by atoms with Crippen molar-refractivity contribution >= 4 is 11.0 Å². The molecule has 1 aromatic heterocycles. The van der Waals surface area contributed by atoms with Gasteiger partial charge in [-0.15, -0.1) is 0 Å². The Morgan fingerprint density at radius 1 is 1.46 bits per heavy atom. The topological polar surface area (TPSA) is 36.9 Å². The molecule has 0 spiro atoms. The van der Waals surface area contributed by atoms with Crippen LogP contribution in [0, 0.1) is 24.1 Å². The van der Waals surface area contributed by atoms with E-state index in [1.807, 2.05) is 6.07 Å². The van der Waals surface area contributed by atoms with Crippen LogP contribution in [0.3, 0.4) is 0 Å². The maximum Gasteiger partial charge on any atom is 0.135 e. The number of hydrogen-bond donors (Lipinski definition) is 0. The van der Waals surface area contributed by atoms with Crippen molar-refractivity contribution in [3.63, 3.8) is 0 Å². The third-order valence-corrected chi connectivity index (χ3v) is 1.94. The molecule has 2 nitrogen and oxygen atoms in total. The normalized spacial score (nSPS) is 10.2. The number of nitriles is 1. The van der Waals surface area contributed by atoms with E-state index in [4.69, 9.17) is 9.68 Å². The zero-order valence-electron chi connectivity index (χ0n) is 6.97. The third kappa shape index (κ3) is 1.07. The number of furan rings is 1. The van der Waals surface area contributed by atoms with E-state index < -0.39 is 0 Å². The summed E-state index contributed by atoms with van der Waals surface area (Å²) in [5.41, 5.74) is 0.963. The standard InChI is InChI=1S/C10H6FNO/c1-6-9(5-12)8-4-7(11)2-3-10(8)13-6/h2-4H,1H3. The maximum absolute atomic E-state index is 12.8. The summed E-state index contributed by atoms with van der Waals surface area (Å²) in [6, 6.07) is 6.13. The highest BCUT2D eigenvalue weighted by atomic mass is 19.1. The number of nitrogens with zero attached hydrogens (tertiary/aromatic N) is 1. The second kappa shape index (κ2) is 2.60. The number of hydrogen-bond acceptors (Lipinski definition) is 2. The summed E-state index contributed by atoms with van der Waals surface area (Å²) in [5, 5.41) is 9.31. The van der Waals surface area contributed by atoms with Gasteiger partial charge in [0, 0.05) is 5.39 Å². The molecule has 0 amide bonds. The summed E-state index contributed by atoms with van der Waals surface area (Å²) in [7, 11) is 0. The first kappa shape index (κ1) is 7.81. The summed E-state index contributed by atoms with van der Waals surface area (Å²) in [4.78, 5) is 0. The minimum Gasteiger partial charge on any atom is -0.460 e. The van der Waals surface area contributed by atoms with E-state index in [-0.39, 0.29) is 5.82 Å². The Bertz CT molecular complexity index is 507. The number of benzene rings is 1. The largest absolute Gasteiger partial charge is 0.460 e. The smallest absolute Gasteiger partial charge is 0.135 e. The average molecular weight is 175 g/mol. The Morgan fingerprint density at radius 3 is 2.92 bits per heavy atom. The molecular formula is C10H6FNO. The highest BCUT2D eigenvalue weighted by molar-refractivity contribution is 5.84. The predicted molar refractivity (Wildman–Crippen MR) is 45.6 cm³/mol. The summed E-state index contributed by atoms with van der Waals surface area (Å²) >= 11 is 0. The molecule has 0 radical (unpaired) electrons. The quantitative estimate of drug-likeness (QED) is 0.617. The average Bonchev–Trinajstić information content (AvgIpc) is 2.40. The molecule has 0 bridgehead atoms. The molecule has 0 aliphatic heterocycles. The van der Waals surface area contributed by atoms with Crippen molar-refractivity contribution in [2.24, 2.45) is 0 Å². The second-order valence-corrected chi connectivity index (χ2v) is 2.79. The Morgan fingerprint density at radius 2 is 2.23 bits per heavy atom. The minimum absolute atomic E-state index is 0.357. The highest BCUT2D eigenvalue weighted by Gasteiger charge is 2.10. The molecule has 2 aromatic rings. The second-order valence-electron chi connectivity index (χ2n) is 2.79. The molecule has 0 atom stereocenters. The van der Waals surface area contributed by atoms with Crippen LogP contribution in [-0.2, 0) is 0 Å². The zero-order valence-corrected chi connectivity index (χ0v) is 6.97. The van der Waals surface area contributed by atoms with Crippen LogP contribution >= 0.6 is 0 Å². The lowest BCUT2D eigenvalue weighted by Gasteiger charge is -1.87. The summed E-state index contributed by atoms with van der Waals surface area (Å²) in [6.07, 6.45) is 0. The molecule has 0 saturated carbocycles. The van der Waals surface area contributed by atoms with Crippen LogP contribution in [0.15, 0.2) is 22.6 Å². The predicted octanol–water partition coefficient (Wildman–Crippen LogP) is 2.75. The van der Waals surface area contributed by atoms with Gasteiger partial charge in [-0.2, -0.15) is 5.26 Å². The van der Waals surface area contributed by atoms with Crippen molar-refractivity contribution in [2.75, 3.05) is 0 Å². The SMILES string of the molecule is Cc1oc2ccc(F)cc2c1C#N. The van der Waals surface area contributed by atoms with Crippen molar-refractivity contribution in [2.45, 2.75) is 6.92 Å². The highest BCUT2D eigenvalue weighted by Crippen LogP contribution is 2.25. The number of fused-ring (bicyclic) bond motifs is 1. The van der Waals surface area contributed by atoms with Crippen LogP contribution < -0.4 is 0 Å². The van der Waals surface area contributed by atoms with E-state index in [1.54, 1.807) is 6.92 Å². The van der Waals surface area contributed by atoms with Gasteiger partial charge in [0.25, 0.3) is 0 Å². The fourth-order valence-electron chi connectivity index (χ4n) is 1.33. The molecular weight excluding hydrogens is 169 g/mol. The Kier molecular flexibility index (Phi) is 1.56. The summed E-state index contributed by atoms with van der Waals surface area (Å²) < 4.78 is 18.1. The van der Waals surface area contributed by atoms with Gasteiger partial charge >= 0.3 is 0 Å². The van der Waals surface area contributed by atoms with E-state index in [9.17, 15) is 4.39 Å². The molecule has 1 heterocycles. The molecule has 64 valence electrons. The van der Waals surface area contributed by atoms with Crippen LogP contribution in [0.2, 0.25) is 0 Å². The van der Waals surface area contributed by atoms with Gasteiger partial charge < -0.3 is 4.42 Å². The molecule has 13 heavy (non-hydrogen) atoms. The lowest BCUT2D eigenvalue weighted by molar-refractivity contribution is 0.575. The van der Waals surface area contributed by atoms with Gasteiger partial charge in [-0.05, 0) is 25.1 Å². The Labute approximate surface area is 74.2 Å². The van der Waals surface area contributed by atoms with E-state index in [1.165, 1.54) is 18.2 Å². The van der Waals surface area contributed by atoms with Crippen molar-refractivity contribution < 1.29 is 8.81 Å². The van der Waals surface area contributed by atoms with Crippen molar-refractivity contribution in [3.8, 4) is 6.07 Å². The Balaban J connectivity index is 2.91. The van der Waals surface area contributed by atoms with E-state index in [0.717, 1.165) is 0 Å². The van der Waals surface area contributed by atoms with Gasteiger partial charge in [-0.25, -0.2) is 4.39 Å². The molecule has 1 aromatic carbocycles. The number of aryl methyl sites for hydroxylation is 1. The van der Waals surface area contributed by atoms with Gasteiger partial charge in [0.05, 0.1) is 0 Å². The van der Waals surface area contributed by atoms with E-state index in [2.05, 4.69) is 0 Å². The molecule has 2 rings (SSSR count). The molecule has 0 aliphatic carbocycles. The Hall–Kier alpha value is -1.82. The minimum atomic E-state index is -0.357. The lowest BCUT2D eigenvalue weighted by atomic mass is 10.1. The van der Waals surface area contributed by atoms with Crippen LogP contribution in [0.1, 0.15) is 11.3 Å². The third-order valence-electron chi connectivity index (χ3n) is 1.94. The van der Waals surface area contributed by atoms with Gasteiger partial charge in [-0.1, -0.05) is 0 Å². The fourth-order valence-corrected chi connectivity index (χ4v) is 1.33. The van der Waals surface area contributed by atoms with E-state index in [0.29, 0.717) is 22.3 Å². The molecule has 0 saturated heterocycles. The van der Waals surface area contributed by atoms with Gasteiger partial charge in [0.1, 0.15) is 28.8 Å². The van der Waals surface area contributed by atoms with Gasteiger partial charge in [0.2, 0.25) is 0 Å². The van der Waals surface area contributed by atoms with Gasteiger partial charge in [-0.3, -0.25) is 0 Å². The van der Waals surface area contributed by atoms with Crippen molar-refractivity contribution in [3.05, 3.63) is 35.3 Å². The summed E-state index contributed by atoms with van der Waals surface area (Å²) in [5.74, 6) is 0.174. The number of halogens is 1. The van der Waals surface area contributed by atoms with Crippen molar-refractivity contribution in [1.82, 2.24) is 0 Å². The van der Waals surface area contributed by atoms with Crippen LogP contribution in [0.5, 0.6) is 0 Å². The fraction of sp³-hybridized carbons (Fsp3) is 0.100. The molecule has 3 heteroatoms. The molecule has 0 N–H and O–H groups in total. The molecule has 0 unspecified atom stereocenters. The first-order chi connectivity index (χ1) is 6.22. The number of rotatable bonds is 0. The summed E-state index contributed by atoms with van der Waals surface area (Å²) in [6.45, 7) is 1.69. The molecule has 0 aliphatic rings. The van der Waals surface area contributed by atoms with Crippen LogP contribution in [-0.4, -0.2) is 0 Å². The van der Waals surface area contributed by atoms with Gasteiger partial charge in [0.15, 0.2) is 0 Å². The molecule has 0 fully saturated rings.